The van der Waals surface area contributed by atoms with Crippen LogP contribution in [0, 0.1) is 18.2 Å². The molecule has 1 unspecified atom stereocenters. The van der Waals surface area contributed by atoms with Crippen molar-refractivity contribution >= 4 is 0 Å². The molecule has 0 N–H and O–H groups in total. The largest absolute Gasteiger partial charge is 0.296 e. The molecular formula is C15H18FN. The van der Waals surface area contributed by atoms with Crippen LogP contribution < -0.4 is 0 Å². The summed E-state index contributed by atoms with van der Waals surface area (Å²) in [6.45, 7) is 4.07. The number of hydrogen-bond donors (Lipinski definition) is 0. The summed E-state index contributed by atoms with van der Waals surface area (Å²) in [7, 11) is 0. The minimum Gasteiger partial charge on any atom is -0.296 e. The number of benzene rings is 1. The molecule has 1 saturated heterocycles. The molecule has 0 saturated carbocycles. The molecule has 0 aromatic heterocycles. The van der Waals surface area contributed by atoms with Crippen LogP contribution in [0.25, 0.3) is 0 Å². The van der Waals surface area contributed by atoms with E-state index in [0.717, 1.165) is 25.1 Å². The van der Waals surface area contributed by atoms with Crippen molar-refractivity contribution < 1.29 is 4.39 Å². The first kappa shape index (κ1) is 12.1. The zero-order valence-electron chi connectivity index (χ0n) is 10.2. The molecule has 1 nitrogen and oxygen atoms in total. The standard InChI is InChI=1S/C15H18FN/c1-3-13-8-6-10-17(13)11-12-7-5-9-15(16)14(12)4-2/h2,5,7,9,13H,3,6,8,10-11H2,1H3. The minimum atomic E-state index is -0.280. The van der Waals surface area contributed by atoms with Gasteiger partial charge in [0.15, 0.2) is 0 Å². The summed E-state index contributed by atoms with van der Waals surface area (Å²) in [5, 5.41) is 0. The van der Waals surface area contributed by atoms with Crippen LogP contribution in [0.5, 0.6) is 0 Å². The first-order valence-electron chi connectivity index (χ1n) is 6.24. The molecule has 1 heterocycles. The normalized spacial score (nSPS) is 20.4. The summed E-state index contributed by atoms with van der Waals surface area (Å²) in [6.07, 6.45) is 9.02. The van der Waals surface area contributed by atoms with Crippen molar-refractivity contribution in [1.29, 1.82) is 0 Å². The molecule has 0 radical (unpaired) electrons. The third-order valence-corrected chi connectivity index (χ3v) is 3.59. The van der Waals surface area contributed by atoms with E-state index < -0.39 is 0 Å². The topological polar surface area (TPSA) is 3.24 Å². The number of nitrogens with zero attached hydrogens (tertiary/aromatic N) is 1. The fourth-order valence-corrected chi connectivity index (χ4v) is 2.65. The Morgan fingerprint density at radius 1 is 1.53 bits per heavy atom. The molecule has 1 atom stereocenters. The zero-order valence-corrected chi connectivity index (χ0v) is 10.2. The predicted molar refractivity (Wildman–Crippen MR) is 68.1 cm³/mol. The van der Waals surface area contributed by atoms with Gasteiger partial charge in [-0.3, -0.25) is 4.90 Å². The fourth-order valence-electron chi connectivity index (χ4n) is 2.65. The van der Waals surface area contributed by atoms with E-state index in [2.05, 4.69) is 17.7 Å². The van der Waals surface area contributed by atoms with E-state index in [1.807, 2.05) is 6.07 Å². The van der Waals surface area contributed by atoms with Gasteiger partial charge in [0, 0.05) is 12.6 Å². The summed E-state index contributed by atoms with van der Waals surface area (Å²) in [5.41, 5.74) is 1.36. The molecule has 1 aromatic carbocycles. The first-order chi connectivity index (χ1) is 8.26. The summed E-state index contributed by atoms with van der Waals surface area (Å²) in [6, 6.07) is 5.73. The third-order valence-electron chi connectivity index (χ3n) is 3.59. The Bertz CT molecular complexity index is 433. The molecule has 2 rings (SSSR count). The van der Waals surface area contributed by atoms with Gasteiger partial charge in [0.25, 0.3) is 0 Å². The highest BCUT2D eigenvalue weighted by Crippen LogP contribution is 2.23. The van der Waals surface area contributed by atoms with Gasteiger partial charge in [0.1, 0.15) is 5.82 Å². The Kier molecular flexibility index (Phi) is 3.81. The van der Waals surface area contributed by atoms with Crippen molar-refractivity contribution in [3.05, 3.63) is 35.1 Å². The van der Waals surface area contributed by atoms with Gasteiger partial charge < -0.3 is 0 Å². The van der Waals surface area contributed by atoms with Gasteiger partial charge in [-0.15, -0.1) is 6.42 Å². The molecule has 1 fully saturated rings. The number of hydrogen-bond acceptors (Lipinski definition) is 1. The van der Waals surface area contributed by atoms with Gasteiger partial charge in [0.2, 0.25) is 0 Å². The highest BCUT2D eigenvalue weighted by molar-refractivity contribution is 5.41. The quantitative estimate of drug-likeness (QED) is 0.722. The van der Waals surface area contributed by atoms with Crippen LogP contribution in [0.15, 0.2) is 18.2 Å². The SMILES string of the molecule is C#Cc1c(F)cccc1CN1CCCC1CC. The fraction of sp³-hybridized carbons (Fsp3) is 0.467. The van der Waals surface area contributed by atoms with Crippen LogP contribution in [0.4, 0.5) is 4.39 Å². The van der Waals surface area contributed by atoms with Crippen molar-refractivity contribution in [3.63, 3.8) is 0 Å². The van der Waals surface area contributed by atoms with Crippen molar-refractivity contribution in [1.82, 2.24) is 4.90 Å². The molecule has 90 valence electrons. The molecular weight excluding hydrogens is 213 g/mol. The number of terminal acetylenes is 1. The first-order valence-corrected chi connectivity index (χ1v) is 6.24. The summed E-state index contributed by atoms with van der Waals surface area (Å²) in [4.78, 5) is 2.41. The second-order valence-electron chi connectivity index (χ2n) is 4.59. The monoisotopic (exact) mass is 231 g/mol. The summed E-state index contributed by atoms with van der Waals surface area (Å²) < 4.78 is 13.5. The van der Waals surface area contributed by atoms with Crippen molar-refractivity contribution in [2.24, 2.45) is 0 Å². The van der Waals surface area contributed by atoms with Gasteiger partial charge in [-0.2, -0.15) is 0 Å². The van der Waals surface area contributed by atoms with Gasteiger partial charge in [0.05, 0.1) is 5.56 Å². The van der Waals surface area contributed by atoms with Crippen LogP contribution >= 0.6 is 0 Å². The maximum Gasteiger partial charge on any atom is 0.139 e. The summed E-state index contributed by atoms with van der Waals surface area (Å²) >= 11 is 0. The molecule has 1 aliphatic heterocycles. The van der Waals surface area contributed by atoms with Gasteiger partial charge in [-0.1, -0.05) is 25.0 Å². The number of likely N-dealkylation sites (tertiary alicyclic amines) is 1. The van der Waals surface area contributed by atoms with E-state index >= 15 is 0 Å². The highest BCUT2D eigenvalue weighted by Gasteiger charge is 2.23. The van der Waals surface area contributed by atoms with E-state index in [1.165, 1.54) is 18.9 Å². The maximum atomic E-state index is 13.5. The molecule has 2 heteroatoms. The number of rotatable bonds is 3. The Morgan fingerprint density at radius 3 is 3.06 bits per heavy atom. The lowest BCUT2D eigenvalue weighted by atomic mass is 10.1. The van der Waals surface area contributed by atoms with E-state index in [-0.39, 0.29) is 5.82 Å². The zero-order chi connectivity index (χ0) is 12.3. The van der Waals surface area contributed by atoms with E-state index in [1.54, 1.807) is 6.07 Å². The van der Waals surface area contributed by atoms with E-state index in [0.29, 0.717) is 11.6 Å². The molecule has 1 aliphatic rings. The second kappa shape index (κ2) is 5.33. The van der Waals surface area contributed by atoms with Gasteiger partial charge >= 0.3 is 0 Å². The molecule has 0 spiro atoms. The lowest BCUT2D eigenvalue weighted by Gasteiger charge is -2.23. The highest BCUT2D eigenvalue weighted by atomic mass is 19.1. The third kappa shape index (κ3) is 2.50. The van der Waals surface area contributed by atoms with E-state index in [4.69, 9.17) is 6.42 Å². The second-order valence-corrected chi connectivity index (χ2v) is 4.59. The Balaban J connectivity index is 2.19. The lowest BCUT2D eigenvalue weighted by molar-refractivity contribution is 0.239. The summed E-state index contributed by atoms with van der Waals surface area (Å²) in [5.74, 6) is 2.19. The lowest BCUT2D eigenvalue weighted by Crippen LogP contribution is -2.28. The van der Waals surface area contributed by atoms with Crippen LogP contribution in [-0.2, 0) is 6.54 Å². The minimum absolute atomic E-state index is 0.280. The van der Waals surface area contributed by atoms with E-state index in [9.17, 15) is 4.39 Å². The Morgan fingerprint density at radius 2 is 2.35 bits per heavy atom. The van der Waals surface area contributed by atoms with Crippen LogP contribution in [0.1, 0.15) is 37.3 Å². The van der Waals surface area contributed by atoms with Crippen molar-refractivity contribution in [3.8, 4) is 12.3 Å². The van der Waals surface area contributed by atoms with Crippen LogP contribution in [-0.4, -0.2) is 17.5 Å². The average Bonchev–Trinajstić information content (AvgIpc) is 2.77. The molecule has 1 aromatic rings. The van der Waals surface area contributed by atoms with Gasteiger partial charge in [-0.05, 0) is 37.4 Å². The number of halogens is 1. The van der Waals surface area contributed by atoms with Crippen LogP contribution in [0.2, 0.25) is 0 Å². The molecule has 17 heavy (non-hydrogen) atoms. The molecule has 0 bridgehead atoms. The maximum absolute atomic E-state index is 13.5. The Labute approximate surface area is 103 Å². The average molecular weight is 231 g/mol. The van der Waals surface area contributed by atoms with Crippen molar-refractivity contribution in [2.45, 2.75) is 38.8 Å². The predicted octanol–water partition coefficient (Wildman–Crippen LogP) is 3.18. The molecule has 0 amide bonds. The smallest absolute Gasteiger partial charge is 0.139 e. The van der Waals surface area contributed by atoms with Crippen molar-refractivity contribution in [2.75, 3.05) is 6.54 Å². The molecule has 0 aliphatic carbocycles. The van der Waals surface area contributed by atoms with Crippen LogP contribution in [0.3, 0.4) is 0 Å². The Hall–Kier alpha value is -1.33. The van der Waals surface area contributed by atoms with Gasteiger partial charge in [-0.25, -0.2) is 4.39 Å².